The predicted octanol–water partition coefficient (Wildman–Crippen LogP) is 4.95. The Morgan fingerprint density at radius 3 is 2.80 bits per heavy atom. The normalized spacial score (nSPS) is 16.1. The van der Waals surface area contributed by atoms with Crippen molar-refractivity contribution < 1.29 is 9.13 Å². The van der Waals surface area contributed by atoms with Crippen LogP contribution in [0.3, 0.4) is 0 Å². The summed E-state index contributed by atoms with van der Waals surface area (Å²) in [5.74, 6) is 0.210. The Morgan fingerprint density at radius 2 is 2.00 bits per heavy atom. The fourth-order valence-corrected chi connectivity index (χ4v) is 3.52. The van der Waals surface area contributed by atoms with Crippen LogP contribution in [0.4, 0.5) is 10.1 Å². The van der Waals surface area contributed by atoms with Crippen molar-refractivity contribution >= 4 is 35.2 Å². The number of fused-ring (bicyclic) bond motifs is 1. The lowest BCUT2D eigenvalue weighted by atomic mass is 10.0. The average Bonchev–Trinajstić information content (AvgIpc) is 2.62. The third-order valence-electron chi connectivity index (χ3n) is 3.73. The molecule has 0 spiro atoms. The van der Waals surface area contributed by atoms with Crippen LogP contribution in [-0.4, -0.2) is 25.2 Å². The van der Waals surface area contributed by atoms with Crippen molar-refractivity contribution in [2.45, 2.75) is 24.8 Å². The molecule has 0 aliphatic carbocycles. The molecular weight excluding hydrogens is 361 g/mol. The van der Waals surface area contributed by atoms with Crippen LogP contribution >= 0.6 is 23.5 Å². The van der Waals surface area contributed by atoms with Gasteiger partial charge in [-0.1, -0.05) is 35.9 Å². The highest BCUT2D eigenvalue weighted by Gasteiger charge is 2.20. The predicted molar refractivity (Wildman–Crippen MR) is 103 cm³/mol. The van der Waals surface area contributed by atoms with Gasteiger partial charge in [0.2, 0.25) is 5.96 Å². The van der Waals surface area contributed by atoms with Crippen LogP contribution in [0.1, 0.15) is 13.8 Å². The zero-order valence-electron chi connectivity index (χ0n) is 14.0. The highest BCUT2D eigenvalue weighted by atomic mass is 35.5. The summed E-state index contributed by atoms with van der Waals surface area (Å²) in [4.78, 5) is 5.51. The van der Waals surface area contributed by atoms with E-state index in [1.54, 1.807) is 6.07 Å². The molecule has 0 bridgehead atoms. The van der Waals surface area contributed by atoms with Gasteiger partial charge >= 0.3 is 0 Å². The van der Waals surface area contributed by atoms with Gasteiger partial charge in [-0.25, -0.2) is 9.38 Å². The lowest BCUT2D eigenvalue weighted by molar-refractivity contribution is 0.0829. The largest absolute Gasteiger partial charge is 0.377 e. The van der Waals surface area contributed by atoms with E-state index < -0.39 is 5.82 Å². The summed E-state index contributed by atoms with van der Waals surface area (Å²) < 4.78 is 22.5. The minimum absolute atomic E-state index is 0.0420. The number of ether oxygens (including phenoxy) is 1. The summed E-state index contributed by atoms with van der Waals surface area (Å²) >= 11 is 7.63. The second-order valence-corrected chi connectivity index (χ2v) is 6.79. The van der Waals surface area contributed by atoms with E-state index in [-0.39, 0.29) is 11.1 Å². The number of para-hydroxylation sites is 1. The van der Waals surface area contributed by atoms with E-state index in [2.05, 4.69) is 15.0 Å². The van der Waals surface area contributed by atoms with Crippen molar-refractivity contribution in [3.05, 3.63) is 47.2 Å². The van der Waals surface area contributed by atoms with Crippen LogP contribution in [0.5, 0.6) is 0 Å². The molecule has 2 aromatic rings. The Morgan fingerprint density at radius 1 is 1.24 bits per heavy atom. The van der Waals surface area contributed by atoms with Crippen molar-refractivity contribution in [2.75, 3.05) is 18.5 Å². The molecule has 1 unspecified atom stereocenters. The number of rotatable bonds is 5. The molecule has 2 aromatic carbocycles. The summed E-state index contributed by atoms with van der Waals surface area (Å²) in [6.45, 7) is 5.14. The molecule has 0 amide bonds. The van der Waals surface area contributed by atoms with Crippen LogP contribution in [0.25, 0.3) is 11.1 Å². The topological polar surface area (TPSA) is 45.6 Å². The van der Waals surface area contributed by atoms with Crippen LogP contribution in [-0.2, 0) is 4.74 Å². The molecule has 1 aliphatic rings. The molecule has 1 aliphatic heterocycles. The Hall–Kier alpha value is -1.76. The third-order valence-corrected chi connectivity index (χ3v) is 4.97. The van der Waals surface area contributed by atoms with Gasteiger partial charge in [0.15, 0.2) is 0 Å². The first-order chi connectivity index (χ1) is 12.1. The molecule has 0 radical (unpaired) electrons. The van der Waals surface area contributed by atoms with Crippen LogP contribution in [0, 0.1) is 5.82 Å². The monoisotopic (exact) mass is 379 g/mol. The van der Waals surface area contributed by atoms with Gasteiger partial charge in [-0.3, -0.25) is 4.72 Å². The summed E-state index contributed by atoms with van der Waals surface area (Å²) in [7, 11) is 0. The molecule has 0 aromatic heterocycles. The molecule has 3 rings (SSSR count). The number of aliphatic imine (C=N–C) groups is 1. The smallest absolute Gasteiger partial charge is 0.206 e. The standard InChI is InChI=1S/C18H19ClFN3OS/c1-3-24-11(2)10-21-18-22-17-13(7-5-9-15(17)25-23-18)12-6-4-8-14(20)16(12)19/h4-9,11H,3,10H2,1-2H3,(H2,21,22,23). The number of halogens is 2. The zero-order valence-corrected chi connectivity index (χ0v) is 15.5. The van der Waals surface area contributed by atoms with Gasteiger partial charge in [0, 0.05) is 17.7 Å². The molecule has 7 heteroatoms. The minimum atomic E-state index is -0.433. The van der Waals surface area contributed by atoms with Gasteiger partial charge in [-0.15, -0.1) is 0 Å². The molecule has 1 heterocycles. The van der Waals surface area contributed by atoms with E-state index in [0.717, 1.165) is 16.1 Å². The number of nitrogens with zero attached hydrogens (tertiary/aromatic N) is 1. The SMILES string of the molecule is CCOC(C)CN=C1NSc2cccc(-c3cccc(F)c3Cl)c2N1. The van der Waals surface area contributed by atoms with E-state index in [1.165, 1.54) is 18.0 Å². The van der Waals surface area contributed by atoms with Crippen LogP contribution < -0.4 is 10.0 Å². The highest BCUT2D eigenvalue weighted by molar-refractivity contribution is 7.98. The second-order valence-electron chi connectivity index (χ2n) is 5.56. The van der Waals surface area contributed by atoms with Crippen molar-refractivity contribution in [1.29, 1.82) is 0 Å². The Bertz CT molecular complexity index is 800. The van der Waals surface area contributed by atoms with Crippen molar-refractivity contribution in [3.63, 3.8) is 0 Å². The maximum atomic E-state index is 13.8. The van der Waals surface area contributed by atoms with Crippen molar-refractivity contribution in [3.8, 4) is 11.1 Å². The summed E-state index contributed by atoms with van der Waals surface area (Å²) in [5, 5.41) is 3.41. The highest BCUT2D eigenvalue weighted by Crippen LogP contribution is 2.40. The lowest BCUT2D eigenvalue weighted by Gasteiger charge is -2.24. The van der Waals surface area contributed by atoms with Crippen molar-refractivity contribution in [2.24, 2.45) is 4.99 Å². The van der Waals surface area contributed by atoms with E-state index >= 15 is 0 Å². The Balaban J connectivity index is 1.91. The molecule has 1 atom stereocenters. The molecule has 2 N–H and O–H groups in total. The summed E-state index contributed by atoms with van der Waals surface area (Å²) in [6, 6.07) is 10.6. The number of benzene rings is 2. The summed E-state index contributed by atoms with van der Waals surface area (Å²) in [6.07, 6.45) is 0.0420. The quantitative estimate of drug-likeness (QED) is 0.721. The van der Waals surface area contributed by atoms with Gasteiger partial charge in [0.25, 0.3) is 0 Å². The number of hydrogen-bond donors (Lipinski definition) is 2. The molecule has 0 fully saturated rings. The lowest BCUT2D eigenvalue weighted by Crippen LogP contribution is -2.31. The van der Waals surface area contributed by atoms with E-state index in [4.69, 9.17) is 16.3 Å². The number of guanidine groups is 1. The molecule has 0 saturated carbocycles. The first-order valence-electron chi connectivity index (χ1n) is 8.03. The van der Waals surface area contributed by atoms with E-state index in [9.17, 15) is 4.39 Å². The first kappa shape index (κ1) is 18.0. The van der Waals surface area contributed by atoms with Gasteiger partial charge in [0.1, 0.15) is 5.82 Å². The molecule has 132 valence electrons. The Kier molecular flexibility index (Phi) is 5.83. The number of hydrogen-bond acceptors (Lipinski definition) is 3. The van der Waals surface area contributed by atoms with Gasteiger partial charge in [-0.05, 0) is 37.9 Å². The summed E-state index contributed by atoms with van der Waals surface area (Å²) in [5.41, 5.74) is 2.35. The van der Waals surface area contributed by atoms with Crippen LogP contribution in [0.15, 0.2) is 46.3 Å². The maximum Gasteiger partial charge on any atom is 0.206 e. The van der Waals surface area contributed by atoms with Crippen molar-refractivity contribution in [1.82, 2.24) is 4.72 Å². The third kappa shape index (κ3) is 4.08. The second kappa shape index (κ2) is 8.08. The molecular formula is C18H19ClFN3OS. The van der Waals surface area contributed by atoms with Crippen LogP contribution in [0.2, 0.25) is 5.02 Å². The minimum Gasteiger partial charge on any atom is -0.377 e. The fourth-order valence-electron chi connectivity index (χ4n) is 2.56. The maximum absolute atomic E-state index is 13.8. The van der Waals surface area contributed by atoms with Gasteiger partial charge in [-0.2, -0.15) is 0 Å². The van der Waals surface area contributed by atoms with E-state index in [0.29, 0.717) is 24.7 Å². The molecule has 25 heavy (non-hydrogen) atoms. The fraction of sp³-hybridized carbons (Fsp3) is 0.278. The average molecular weight is 380 g/mol. The Labute approximate surface area is 156 Å². The first-order valence-corrected chi connectivity index (χ1v) is 9.23. The van der Waals surface area contributed by atoms with Gasteiger partial charge < -0.3 is 10.1 Å². The van der Waals surface area contributed by atoms with Gasteiger partial charge in [0.05, 0.1) is 28.3 Å². The molecule has 0 saturated heterocycles. The number of anilines is 1. The number of nitrogens with one attached hydrogen (secondary N) is 2. The zero-order chi connectivity index (χ0) is 17.8. The van der Waals surface area contributed by atoms with E-state index in [1.807, 2.05) is 38.1 Å². The molecule has 4 nitrogen and oxygen atoms in total.